The number of benzene rings is 2. The first-order chi connectivity index (χ1) is 13.3. The van der Waals surface area contributed by atoms with Crippen molar-refractivity contribution < 1.29 is 19.1 Å². The summed E-state index contributed by atoms with van der Waals surface area (Å²) in [6.07, 6.45) is 0. The minimum absolute atomic E-state index is 0.168. The minimum Gasteiger partial charge on any atom is -0.462 e. The number of aromatic nitrogens is 1. The van der Waals surface area contributed by atoms with Gasteiger partial charge in [-0.05, 0) is 26.0 Å². The molecule has 0 unspecified atom stereocenters. The Bertz CT molecular complexity index is 1080. The number of hydrogen-bond donors (Lipinski definition) is 2. The molecule has 0 saturated heterocycles. The number of amides is 1. The van der Waals surface area contributed by atoms with Crippen molar-refractivity contribution in [2.75, 3.05) is 11.9 Å². The normalized spacial score (nSPS) is 10.7. The molecule has 1 heterocycles. The Morgan fingerprint density at radius 3 is 2.43 bits per heavy atom. The van der Waals surface area contributed by atoms with Crippen LogP contribution in [0.3, 0.4) is 0 Å². The third-order valence-corrected chi connectivity index (χ3v) is 4.42. The summed E-state index contributed by atoms with van der Waals surface area (Å²) in [6, 6.07) is 10.1. The van der Waals surface area contributed by atoms with Crippen LogP contribution in [0.4, 0.5) is 5.69 Å². The average molecular weight is 399 g/mol. The number of carbonyl (C=O) groups excluding carboxylic acids is 3. The average Bonchev–Trinajstić information content (AvgIpc) is 2.98. The van der Waals surface area contributed by atoms with Gasteiger partial charge < -0.3 is 15.0 Å². The van der Waals surface area contributed by atoms with E-state index in [2.05, 4.69) is 10.3 Å². The number of nitrogens with one attached hydrogen (secondary N) is 2. The lowest BCUT2D eigenvalue weighted by molar-refractivity contribution is -0.114. The van der Waals surface area contributed by atoms with Crippen LogP contribution in [0.25, 0.3) is 10.9 Å². The molecule has 0 aliphatic heterocycles. The second kappa shape index (κ2) is 7.86. The molecular weight excluding hydrogens is 380 g/mol. The van der Waals surface area contributed by atoms with E-state index in [1.807, 2.05) is 19.1 Å². The van der Waals surface area contributed by atoms with Crippen molar-refractivity contribution in [1.82, 2.24) is 4.98 Å². The number of anilines is 1. The minimum atomic E-state index is -0.588. The van der Waals surface area contributed by atoms with E-state index in [1.54, 1.807) is 25.1 Å². The predicted molar refractivity (Wildman–Crippen MR) is 108 cm³/mol. The van der Waals surface area contributed by atoms with E-state index in [0.717, 1.165) is 5.56 Å². The zero-order chi connectivity index (χ0) is 20.4. The second-order valence-electron chi connectivity index (χ2n) is 6.35. The van der Waals surface area contributed by atoms with Gasteiger partial charge in [-0.1, -0.05) is 41.4 Å². The summed E-state index contributed by atoms with van der Waals surface area (Å²) in [5, 5.41) is 3.36. The van der Waals surface area contributed by atoms with Gasteiger partial charge in [-0.3, -0.25) is 9.59 Å². The van der Waals surface area contributed by atoms with Crippen LogP contribution in [0.1, 0.15) is 45.8 Å². The molecule has 1 aromatic heterocycles. The zero-order valence-electron chi connectivity index (χ0n) is 15.7. The predicted octanol–water partition coefficient (Wildman–Crippen LogP) is 4.50. The Hall–Kier alpha value is -3.12. The van der Waals surface area contributed by atoms with Gasteiger partial charge in [0.05, 0.1) is 23.4 Å². The molecule has 0 spiro atoms. The number of fused-ring (bicyclic) bond motifs is 1. The highest BCUT2D eigenvalue weighted by Gasteiger charge is 2.25. The van der Waals surface area contributed by atoms with Crippen LogP contribution in [-0.4, -0.2) is 29.3 Å². The molecule has 144 valence electrons. The summed E-state index contributed by atoms with van der Waals surface area (Å²) in [6.45, 7) is 5.13. The zero-order valence-corrected chi connectivity index (χ0v) is 16.4. The van der Waals surface area contributed by atoms with E-state index in [9.17, 15) is 14.4 Å². The number of esters is 1. The van der Waals surface area contributed by atoms with Crippen LogP contribution < -0.4 is 5.32 Å². The highest BCUT2D eigenvalue weighted by Crippen LogP contribution is 2.35. The number of rotatable bonds is 5. The lowest BCUT2D eigenvalue weighted by Gasteiger charge is -2.08. The van der Waals surface area contributed by atoms with Crippen LogP contribution >= 0.6 is 11.6 Å². The van der Waals surface area contributed by atoms with Crippen molar-refractivity contribution in [2.45, 2.75) is 20.8 Å². The first-order valence-corrected chi connectivity index (χ1v) is 9.11. The molecule has 0 bridgehead atoms. The van der Waals surface area contributed by atoms with Gasteiger partial charge in [-0.2, -0.15) is 0 Å². The largest absolute Gasteiger partial charge is 0.462 e. The molecule has 2 aromatic carbocycles. The molecule has 0 radical (unpaired) electrons. The molecule has 0 saturated carbocycles. The number of carbonyl (C=O) groups is 3. The summed E-state index contributed by atoms with van der Waals surface area (Å²) in [5.41, 5.74) is 2.50. The number of aromatic amines is 1. The third-order valence-electron chi connectivity index (χ3n) is 4.20. The van der Waals surface area contributed by atoms with Crippen LogP contribution in [0.2, 0.25) is 5.02 Å². The Morgan fingerprint density at radius 1 is 1.14 bits per heavy atom. The number of halogens is 1. The van der Waals surface area contributed by atoms with Gasteiger partial charge in [0.15, 0.2) is 0 Å². The fraction of sp³-hybridized carbons (Fsp3) is 0.190. The van der Waals surface area contributed by atoms with Gasteiger partial charge in [0, 0.05) is 22.9 Å². The maximum Gasteiger partial charge on any atom is 0.338 e. The van der Waals surface area contributed by atoms with Crippen molar-refractivity contribution in [3.63, 3.8) is 0 Å². The monoisotopic (exact) mass is 398 g/mol. The van der Waals surface area contributed by atoms with E-state index < -0.39 is 5.97 Å². The molecule has 7 heteroatoms. The molecule has 0 atom stereocenters. The molecular formula is C21H19ClN2O4. The van der Waals surface area contributed by atoms with Crippen LogP contribution in [0, 0.1) is 6.92 Å². The summed E-state index contributed by atoms with van der Waals surface area (Å²) < 4.78 is 5.11. The van der Waals surface area contributed by atoms with E-state index in [0.29, 0.717) is 21.5 Å². The molecule has 2 N–H and O–H groups in total. The third kappa shape index (κ3) is 3.77. The SMILES string of the molecule is CCOC(=O)c1cc(Cl)cc2[nH]c(C(=O)c3ccc(C)cc3)c(NC(C)=O)c12. The van der Waals surface area contributed by atoms with Gasteiger partial charge >= 0.3 is 5.97 Å². The molecule has 0 fully saturated rings. The molecule has 6 nitrogen and oxygen atoms in total. The molecule has 3 aromatic rings. The Balaban J connectivity index is 2.26. The summed E-state index contributed by atoms with van der Waals surface area (Å²) in [4.78, 5) is 40.3. The van der Waals surface area contributed by atoms with E-state index in [-0.39, 0.29) is 35.2 Å². The van der Waals surface area contributed by atoms with Gasteiger partial charge in [-0.15, -0.1) is 0 Å². The molecule has 0 aliphatic carbocycles. The first-order valence-electron chi connectivity index (χ1n) is 8.73. The van der Waals surface area contributed by atoms with Crippen LogP contribution in [-0.2, 0) is 9.53 Å². The van der Waals surface area contributed by atoms with E-state index in [1.165, 1.54) is 13.0 Å². The Kier molecular flexibility index (Phi) is 5.51. The van der Waals surface area contributed by atoms with Crippen molar-refractivity contribution in [1.29, 1.82) is 0 Å². The lowest BCUT2D eigenvalue weighted by atomic mass is 10.0. The summed E-state index contributed by atoms with van der Waals surface area (Å²) in [5.74, 6) is -1.27. The standard InChI is InChI=1S/C21H19ClN2O4/c1-4-28-21(27)15-9-14(22)10-16-17(15)18(23-12(3)25)19(24-16)20(26)13-7-5-11(2)6-8-13/h5-10,24H,4H2,1-3H3,(H,23,25). The molecule has 0 aliphatic rings. The fourth-order valence-electron chi connectivity index (χ4n) is 2.99. The molecule has 28 heavy (non-hydrogen) atoms. The second-order valence-corrected chi connectivity index (χ2v) is 6.78. The summed E-state index contributed by atoms with van der Waals surface area (Å²) in [7, 11) is 0. The Morgan fingerprint density at radius 2 is 1.82 bits per heavy atom. The van der Waals surface area contributed by atoms with Crippen molar-refractivity contribution in [3.8, 4) is 0 Å². The van der Waals surface area contributed by atoms with Crippen molar-refractivity contribution in [2.24, 2.45) is 0 Å². The Labute approximate surface area is 166 Å². The van der Waals surface area contributed by atoms with Crippen LogP contribution in [0.5, 0.6) is 0 Å². The maximum atomic E-state index is 13.1. The maximum absolute atomic E-state index is 13.1. The first kappa shape index (κ1) is 19.6. The summed E-state index contributed by atoms with van der Waals surface area (Å²) >= 11 is 6.15. The number of hydrogen-bond acceptors (Lipinski definition) is 4. The van der Waals surface area contributed by atoms with E-state index >= 15 is 0 Å². The number of ether oxygens (including phenoxy) is 1. The highest BCUT2D eigenvalue weighted by molar-refractivity contribution is 6.33. The fourth-order valence-corrected chi connectivity index (χ4v) is 3.21. The van der Waals surface area contributed by atoms with Gasteiger partial charge in [0.1, 0.15) is 5.69 Å². The lowest BCUT2D eigenvalue weighted by Crippen LogP contribution is -2.12. The molecule has 3 rings (SSSR count). The molecule has 1 amide bonds. The topological polar surface area (TPSA) is 88.3 Å². The van der Waals surface area contributed by atoms with Gasteiger partial charge in [0.2, 0.25) is 11.7 Å². The quantitative estimate of drug-likeness (QED) is 0.489. The van der Waals surface area contributed by atoms with Gasteiger partial charge in [0.25, 0.3) is 0 Å². The van der Waals surface area contributed by atoms with Gasteiger partial charge in [-0.25, -0.2) is 4.79 Å². The van der Waals surface area contributed by atoms with Crippen LogP contribution in [0.15, 0.2) is 36.4 Å². The highest BCUT2D eigenvalue weighted by atomic mass is 35.5. The number of H-pyrrole nitrogens is 1. The van der Waals surface area contributed by atoms with Crippen molar-refractivity contribution >= 4 is 45.9 Å². The smallest absolute Gasteiger partial charge is 0.338 e. The van der Waals surface area contributed by atoms with Crippen molar-refractivity contribution in [3.05, 3.63) is 63.8 Å². The number of aryl methyl sites for hydroxylation is 1. The number of ketones is 1. The van der Waals surface area contributed by atoms with E-state index in [4.69, 9.17) is 16.3 Å².